The number of benzene rings is 1. The van der Waals surface area contributed by atoms with Gasteiger partial charge in [0.25, 0.3) is 0 Å². The van der Waals surface area contributed by atoms with Crippen molar-refractivity contribution >= 4 is 11.7 Å². The summed E-state index contributed by atoms with van der Waals surface area (Å²) in [6.45, 7) is 11.7. The number of esters is 1. The van der Waals surface area contributed by atoms with Gasteiger partial charge in [0, 0.05) is 11.2 Å². The van der Waals surface area contributed by atoms with Gasteiger partial charge in [0.2, 0.25) is 0 Å². The normalized spacial score (nSPS) is 11.5. The molecule has 3 heteroatoms. The number of hydrogen-bond donors (Lipinski definition) is 0. The third kappa shape index (κ3) is 5.36. The molecule has 0 amide bonds. The third-order valence-corrected chi connectivity index (χ3v) is 4.47. The van der Waals surface area contributed by atoms with Crippen LogP contribution in [-0.4, -0.2) is 24.7 Å². The lowest BCUT2D eigenvalue weighted by molar-refractivity contribution is -0.142. The molecule has 0 aliphatic heterocycles. The molecule has 0 radical (unpaired) electrons. The first kappa shape index (κ1) is 18.5. The molecule has 0 aliphatic rings. The fourth-order valence-corrected chi connectivity index (χ4v) is 2.26. The fraction of sp³-hybridized carbons (Fsp3) is 0.632. The maximum absolute atomic E-state index is 12.2. The summed E-state index contributed by atoms with van der Waals surface area (Å²) in [6, 6.07) is 10.1. The van der Waals surface area contributed by atoms with Gasteiger partial charge in [-0.2, -0.15) is 0 Å². The number of carbonyl (C=O) groups excluding carboxylic acids is 1. The van der Waals surface area contributed by atoms with E-state index < -0.39 is 0 Å². The lowest BCUT2D eigenvalue weighted by Gasteiger charge is -2.43. The van der Waals surface area contributed by atoms with Gasteiger partial charge >= 0.3 is 5.97 Å². The summed E-state index contributed by atoms with van der Waals surface area (Å²) in [5, 5.41) is 0. The van der Waals surface area contributed by atoms with Crippen LogP contribution in [0, 0.1) is 5.92 Å². The molecule has 0 saturated carbocycles. The van der Waals surface area contributed by atoms with Crippen LogP contribution >= 0.6 is 0 Å². The monoisotopic (exact) mass is 305 g/mol. The van der Waals surface area contributed by atoms with Gasteiger partial charge in [0.1, 0.15) is 6.54 Å². The van der Waals surface area contributed by atoms with E-state index >= 15 is 0 Å². The molecule has 1 rings (SSSR count). The SMILES string of the molecule is CCCCCOC(=O)CN(c1ccccc1)C(C)(C)C(C)C. The maximum atomic E-state index is 12.2. The number of ether oxygens (including phenoxy) is 1. The Bertz CT molecular complexity index is 440. The van der Waals surface area contributed by atoms with Crippen LogP contribution < -0.4 is 4.90 Å². The second-order valence-corrected chi connectivity index (χ2v) is 6.66. The minimum atomic E-state index is -0.145. The van der Waals surface area contributed by atoms with Gasteiger partial charge < -0.3 is 9.64 Å². The van der Waals surface area contributed by atoms with E-state index in [9.17, 15) is 4.79 Å². The Morgan fingerprint density at radius 2 is 1.82 bits per heavy atom. The standard InChI is InChI=1S/C19H31NO2/c1-6-7-11-14-22-18(21)15-20(19(4,5)16(2)3)17-12-9-8-10-13-17/h8-10,12-13,16H,6-7,11,14-15H2,1-5H3. The number of unbranched alkanes of at least 4 members (excludes halogenated alkanes) is 2. The minimum absolute atomic E-state index is 0.121. The average molecular weight is 305 g/mol. The van der Waals surface area contributed by atoms with Gasteiger partial charge in [-0.05, 0) is 38.3 Å². The molecule has 3 nitrogen and oxygen atoms in total. The number of nitrogens with zero attached hydrogens (tertiary/aromatic N) is 1. The molecule has 0 aliphatic carbocycles. The highest BCUT2D eigenvalue weighted by molar-refractivity contribution is 5.76. The molecule has 0 aromatic heterocycles. The van der Waals surface area contributed by atoms with Crippen LogP contribution in [0.2, 0.25) is 0 Å². The van der Waals surface area contributed by atoms with Gasteiger partial charge in [-0.1, -0.05) is 51.8 Å². The van der Waals surface area contributed by atoms with Crippen molar-refractivity contribution in [2.45, 2.75) is 59.4 Å². The van der Waals surface area contributed by atoms with E-state index in [4.69, 9.17) is 4.74 Å². The largest absolute Gasteiger partial charge is 0.464 e. The van der Waals surface area contributed by atoms with E-state index in [2.05, 4.69) is 51.7 Å². The Kier molecular flexibility index (Phi) is 7.43. The molecule has 0 fully saturated rings. The number of rotatable bonds is 9. The molecule has 0 N–H and O–H groups in total. The van der Waals surface area contributed by atoms with E-state index in [1.54, 1.807) is 0 Å². The molecular formula is C19H31NO2. The van der Waals surface area contributed by atoms with Gasteiger partial charge in [0.15, 0.2) is 0 Å². The predicted molar refractivity (Wildman–Crippen MR) is 93.2 cm³/mol. The summed E-state index contributed by atoms with van der Waals surface area (Å²) in [4.78, 5) is 14.3. The highest BCUT2D eigenvalue weighted by atomic mass is 16.5. The van der Waals surface area contributed by atoms with Crippen molar-refractivity contribution in [3.8, 4) is 0 Å². The molecule has 0 spiro atoms. The summed E-state index contributed by atoms with van der Waals surface area (Å²) >= 11 is 0. The van der Waals surface area contributed by atoms with Crippen molar-refractivity contribution in [2.24, 2.45) is 5.92 Å². The van der Waals surface area contributed by atoms with Crippen LogP contribution in [0.15, 0.2) is 30.3 Å². The second-order valence-electron chi connectivity index (χ2n) is 6.66. The number of anilines is 1. The zero-order valence-electron chi connectivity index (χ0n) is 14.8. The van der Waals surface area contributed by atoms with E-state index in [0.29, 0.717) is 19.1 Å². The lowest BCUT2D eigenvalue weighted by Crippen LogP contribution is -2.50. The van der Waals surface area contributed by atoms with Crippen LogP contribution in [0.3, 0.4) is 0 Å². The Labute approximate surface area is 135 Å². The molecule has 1 aromatic carbocycles. The summed E-state index contributed by atoms with van der Waals surface area (Å²) in [5.74, 6) is 0.272. The van der Waals surface area contributed by atoms with Crippen molar-refractivity contribution < 1.29 is 9.53 Å². The number of hydrogen-bond acceptors (Lipinski definition) is 3. The van der Waals surface area contributed by atoms with Crippen LogP contribution in [-0.2, 0) is 9.53 Å². The van der Waals surface area contributed by atoms with Crippen molar-refractivity contribution in [3.05, 3.63) is 30.3 Å². The van der Waals surface area contributed by atoms with Crippen LogP contribution in [0.5, 0.6) is 0 Å². The maximum Gasteiger partial charge on any atom is 0.325 e. The number of para-hydroxylation sites is 1. The van der Waals surface area contributed by atoms with Gasteiger partial charge in [-0.15, -0.1) is 0 Å². The molecule has 1 aromatic rings. The van der Waals surface area contributed by atoms with Crippen LogP contribution in [0.1, 0.15) is 53.9 Å². The van der Waals surface area contributed by atoms with E-state index in [1.807, 2.05) is 18.2 Å². The Hall–Kier alpha value is -1.51. The number of carbonyl (C=O) groups is 1. The molecule has 0 unspecified atom stereocenters. The Morgan fingerprint density at radius 3 is 2.36 bits per heavy atom. The Morgan fingerprint density at radius 1 is 1.18 bits per heavy atom. The molecule has 22 heavy (non-hydrogen) atoms. The minimum Gasteiger partial charge on any atom is -0.464 e. The second kappa shape index (κ2) is 8.82. The van der Waals surface area contributed by atoms with E-state index in [-0.39, 0.29) is 11.5 Å². The van der Waals surface area contributed by atoms with Gasteiger partial charge in [-0.3, -0.25) is 4.79 Å². The first-order chi connectivity index (χ1) is 10.4. The summed E-state index contributed by atoms with van der Waals surface area (Å²) in [7, 11) is 0. The Balaban J connectivity index is 2.77. The van der Waals surface area contributed by atoms with Crippen LogP contribution in [0.4, 0.5) is 5.69 Å². The zero-order valence-corrected chi connectivity index (χ0v) is 14.8. The molecular weight excluding hydrogens is 274 g/mol. The first-order valence-corrected chi connectivity index (χ1v) is 8.38. The third-order valence-electron chi connectivity index (χ3n) is 4.47. The van der Waals surface area contributed by atoms with Crippen molar-refractivity contribution in [1.29, 1.82) is 0 Å². The topological polar surface area (TPSA) is 29.5 Å². The predicted octanol–water partition coefficient (Wildman–Crippen LogP) is 4.66. The van der Waals surface area contributed by atoms with Gasteiger partial charge in [0.05, 0.1) is 6.61 Å². The highest BCUT2D eigenvalue weighted by Gasteiger charge is 2.32. The van der Waals surface area contributed by atoms with Crippen molar-refractivity contribution in [3.63, 3.8) is 0 Å². The molecule has 0 atom stereocenters. The fourth-order valence-electron chi connectivity index (χ4n) is 2.26. The van der Waals surface area contributed by atoms with Crippen LogP contribution in [0.25, 0.3) is 0 Å². The summed E-state index contributed by atoms with van der Waals surface area (Å²) < 4.78 is 5.39. The molecule has 124 valence electrons. The van der Waals surface area contributed by atoms with E-state index in [1.165, 1.54) is 0 Å². The first-order valence-electron chi connectivity index (χ1n) is 8.38. The molecule has 0 bridgehead atoms. The highest BCUT2D eigenvalue weighted by Crippen LogP contribution is 2.29. The van der Waals surface area contributed by atoms with Gasteiger partial charge in [-0.25, -0.2) is 0 Å². The summed E-state index contributed by atoms with van der Waals surface area (Å²) in [5.41, 5.74) is 0.941. The summed E-state index contributed by atoms with van der Waals surface area (Å²) in [6.07, 6.45) is 3.18. The molecule has 0 saturated heterocycles. The zero-order chi connectivity index (χ0) is 16.6. The van der Waals surface area contributed by atoms with Crippen molar-refractivity contribution in [1.82, 2.24) is 0 Å². The van der Waals surface area contributed by atoms with Crippen molar-refractivity contribution in [2.75, 3.05) is 18.1 Å². The average Bonchev–Trinajstić information content (AvgIpc) is 2.49. The quantitative estimate of drug-likeness (QED) is 0.491. The lowest BCUT2D eigenvalue weighted by atomic mass is 9.88. The molecule has 0 heterocycles. The smallest absolute Gasteiger partial charge is 0.325 e. The van der Waals surface area contributed by atoms with E-state index in [0.717, 1.165) is 24.9 Å².